The third kappa shape index (κ3) is 5.73. The van der Waals surface area contributed by atoms with Gasteiger partial charge in [0.05, 0.1) is 12.6 Å². The Labute approximate surface area is 177 Å². The average Bonchev–Trinajstić information content (AvgIpc) is 3.00. The molecule has 3 rings (SSSR count). The van der Waals surface area contributed by atoms with Crippen molar-refractivity contribution >= 4 is 18.0 Å². The summed E-state index contributed by atoms with van der Waals surface area (Å²) in [6, 6.07) is 0.0260. The number of likely N-dealkylation sites (N-methyl/N-ethyl adjacent to an activating group) is 1. The highest BCUT2D eigenvalue weighted by Gasteiger charge is 2.43. The van der Waals surface area contributed by atoms with Crippen LogP contribution in [0, 0.1) is 5.41 Å². The molecule has 0 bridgehead atoms. The maximum absolute atomic E-state index is 12.2. The van der Waals surface area contributed by atoms with Crippen LogP contribution in [0.15, 0.2) is 0 Å². The fraction of sp³-hybridized carbons (Fsp3) is 0.842. The van der Waals surface area contributed by atoms with E-state index in [0.717, 1.165) is 52.0 Å². The number of unbranched alkanes of at least 4 members (excludes halogenated alkanes) is 1. The Balaban J connectivity index is 1.41. The van der Waals surface area contributed by atoms with E-state index < -0.39 is 5.97 Å². The number of ether oxygens (including phenoxy) is 1. The molecular weight excluding hydrogens is 390 g/mol. The summed E-state index contributed by atoms with van der Waals surface area (Å²) in [4.78, 5) is 33.2. The maximum Gasteiger partial charge on any atom is 0.411 e. The first kappa shape index (κ1) is 22.6. The Morgan fingerprint density at radius 1 is 1.10 bits per heavy atom. The predicted octanol–water partition coefficient (Wildman–Crippen LogP) is -0.853. The molecule has 3 fully saturated rings. The summed E-state index contributed by atoms with van der Waals surface area (Å²) in [6.45, 7) is 7.27. The average molecular weight is 426 g/mol. The van der Waals surface area contributed by atoms with Crippen molar-refractivity contribution in [1.82, 2.24) is 24.5 Å². The van der Waals surface area contributed by atoms with Gasteiger partial charge in [0.1, 0.15) is 0 Å². The largest absolute Gasteiger partial charge is 0.480 e. The number of guanidine groups is 1. The SMILES string of the molecule is CN1C(=O)OC(N2CCN(CC(=O)O)CC2)C1CCCCN1CCN(C(=N)N)CC1. The number of rotatable bonds is 8. The quantitative estimate of drug-likeness (QED) is 0.258. The van der Waals surface area contributed by atoms with Crippen molar-refractivity contribution in [2.75, 3.05) is 72.5 Å². The van der Waals surface area contributed by atoms with Crippen molar-refractivity contribution in [2.45, 2.75) is 31.5 Å². The summed E-state index contributed by atoms with van der Waals surface area (Å²) in [5.74, 6) is -0.658. The van der Waals surface area contributed by atoms with Crippen LogP contribution >= 0.6 is 0 Å². The number of piperazine rings is 2. The minimum absolute atomic E-state index is 0.0260. The highest BCUT2D eigenvalue weighted by molar-refractivity contribution is 5.74. The molecule has 2 unspecified atom stereocenters. The Morgan fingerprint density at radius 3 is 2.33 bits per heavy atom. The molecule has 0 aromatic heterocycles. The molecule has 3 aliphatic heterocycles. The zero-order valence-corrected chi connectivity index (χ0v) is 17.8. The van der Waals surface area contributed by atoms with Crippen molar-refractivity contribution in [3.05, 3.63) is 0 Å². The standard InChI is InChI=1S/C19H35N7O4/c1-22-15(4-2-3-5-23-6-12-26(13-7-23)18(20)21)17(30-19(22)29)25-10-8-24(9-11-25)14-16(27)28/h15,17H,2-14H2,1H3,(H3,20,21)(H,27,28). The van der Waals surface area contributed by atoms with Gasteiger partial charge >= 0.3 is 12.1 Å². The van der Waals surface area contributed by atoms with Gasteiger partial charge in [-0.1, -0.05) is 0 Å². The van der Waals surface area contributed by atoms with Gasteiger partial charge < -0.3 is 25.4 Å². The number of carboxylic acids is 1. The van der Waals surface area contributed by atoms with Gasteiger partial charge in [0, 0.05) is 59.4 Å². The lowest BCUT2D eigenvalue weighted by Gasteiger charge is -2.38. The molecule has 11 nitrogen and oxygen atoms in total. The summed E-state index contributed by atoms with van der Waals surface area (Å²) >= 11 is 0. The van der Waals surface area contributed by atoms with E-state index in [1.54, 1.807) is 11.9 Å². The number of aliphatic carboxylic acids is 1. The molecule has 170 valence electrons. The summed E-state index contributed by atoms with van der Waals surface area (Å²) in [6.07, 6.45) is 2.41. The third-order valence-corrected chi connectivity index (χ3v) is 6.40. The number of carboxylic acid groups (broad SMARTS) is 1. The molecule has 3 aliphatic rings. The number of carbonyl (C=O) groups excluding carboxylic acids is 1. The minimum atomic E-state index is -0.809. The van der Waals surface area contributed by atoms with Crippen LogP contribution in [0.4, 0.5) is 4.79 Å². The van der Waals surface area contributed by atoms with Crippen LogP contribution in [-0.4, -0.2) is 132 Å². The second kappa shape index (κ2) is 10.3. The molecule has 0 aromatic rings. The topological polar surface area (TPSA) is 130 Å². The lowest BCUT2D eigenvalue weighted by atomic mass is 10.1. The maximum atomic E-state index is 12.2. The molecule has 11 heteroatoms. The fourth-order valence-corrected chi connectivity index (χ4v) is 4.51. The van der Waals surface area contributed by atoms with Crippen LogP contribution in [0.2, 0.25) is 0 Å². The van der Waals surface area contributed by atoms with E-state index in [1.807, 2.05) is 9.80 Å². The van der Waals surface area contributed by atoms with Gasteiger partial charge in [-0.05, 0) is 25.8 Å². The van der Waals surface area contributed by atoms with Gasteiger partial charge in [-0.3, -0.25) is 24.9 Å². The van der Waals surface area contributed by atoms with E-state index in [0.29, 0.717) is 26.2 Å². The first-order valence-corrected chi connectivity index (χ1v) is 10.8. The molecule has 3 heterocycles. The molecule has 2 atom stereocenters. The molecule has 0 radical (unpaired) electrons. The number of cyclic esters (lactones) is 1. The molecule has 4 N–H and O–H groups in total. The number of nitrogens with one attached hydrogen (secondary N) is 1. The number of nitrogens with zero attached hydrogens (tertiary/aromatic N) is 5. The summed E-state index contributed by atoms with van der Waals surface area (Å²) < 4.78 is 5.65. The first-order valence-electron chi connectivity index (χ1n) is 10.8. The summed E-state index contributed by atoms with van der Waals surface area (Å²) in [5.41, 5.74) is 5.55. The molecule has 0 saturated carbocycles. The lowest BCUT2D eigenvalue weighted by Crippen LogP contribution is -2.54. The molecule has 1 amide bonds. The van der Waals surface area contributed by atoms with E-state index >= 15 is 0 Å². The van der Waals surface area contributed by atoms with Crippen LogP contribution in [0.5, 0.6) is 0 Å². The number of amides is 1. The molecule has 0 aliphatic carbocycles. The van der Waals surface area contributed by atoms with Gasteiger partial charge in [0.15, 0.2) is 12.2 Å². The van der Waals surface area contributed by atoms with Crippen LogP contribution in [0.25, 0.3) is 0 Å². The van der Waals surface area contributed by atoms with E-state index in [9.17, 15) is 9.59 Å². The van der Waals surface area contributed by atoms with Gasteiger partial charge in [-0.2, -0.15) is 0 Å². The molecule has 3 saturated heterocycles. The number of hydrogen-bond donors (Lipinski definition) is 3. The smallest absolute Gasteiger partial charge is 0.411 e. The number of hydrogen-bond acceptors (Lipinski definition) is 7. The van der Waals surface area contributed by atoms with E-state index in [2.05, 4.69) is 9.80 Å². The lowest BCUT2D eigenvalue weighted by molar-refractivity contribution is -0.139. The first-order chi connectivity index (χ1) is 14.3. The van der Waals surface area contributed by atoms with Crippen molar-refractivity contribution in [3.63, 3.8) is 0 Å². The zero-order valence-electron chi connectivity index (χ0n) is 17.8. The normalized spacial score (nSPS) is 26.8. The Bertz CT molecular complexity index is 618. The van der Waals surface area contributed by atoms with Crippen LogP contribution in [-0.2, 0) is 9.53 Å². The van der Waals surface area contributed by atoms with Crippen LogP contribution < -0.4 is 5.73 Å². The van der Waals surface area contributed by atoms with E-state index in [4.69, 9.17) is 21.0 Å². The van der Waals surface area contributed by atoms with Crippen molar-refractivity contribution in [2.24, 2.45) is 5.73 Å². The highest BCUT2D eigenvalue weighted by atomic mass is 16.6. The van der Waals surface area contributed by atoms with Gasteiger partial charge in [0.2, 0.25) is 0 Å². The number of nitrogens with two attached hydrogens (primary N) is 1. The second-order valence-electron chi connectivity index (χ2n) is 8.37. The van der Waals surface area contributed by atoms with E-state index in [-0.39, 0.29) is 30.9 Å². The van der Waals surface area contributed by atoms with Gasteiger partial charge in [-0.25, -0.2) is 4.79 Å². The second-order valence-corrected chi connectivity index (χ2v) is 8.37. The van der Waals surface area contributed by atoms with Crippen molar-refractivity contribution in [1.29, 1.82) is 5.41 Å². The highest BCUT2D eigenvalue weighted by Crippen LogP contribution is 2.26. The molecular formula is C19H35N7O4. The Hall–Kier alpha value is -2.11. The van der Waals surface area contributed by atoms with Crippen LogP contribution in [0.1, 0.15) is 19.3 Å². The summed E-state index contributed by atoms with van der Waals surface area (Å²) in [5, 5.41) is 16.5. The van der Waals surface area contributed by atoms with Crippen molar-refractivity contribution < 1.29 is 19.4 Å². The molecule has 0 spiro atoms. The van der Waals surface area contributed by atoms with E-state index in [1.165, 1.54) is 0 Å². The predicted molar refractivity (Wildman–Crippen MR) is 111 cm³/mol. The van der Waals surface area contributed by atoms with Crippen LogP contribution in [0.3, 0.4) is 0 Å². The number of carbonyl (C=O) groups is 2. The van der Waals surface area contributed by atoms with Gasteiger partial charge in [-0.15, -0.1) is 0 Å². The summed E-state index contributed by atoms with van der Waals surface area (Å²) in [7, 11) is 1.80. The molecule has 30 heavy (non-hydrogen) atoms. The molecule has 0 aromatic carbocycles. The Kier molecular flexibility index (Phi) is 7.73. The van der Waals surface area contributed by atoms with Gasteiger partial charge in [0.25, 0.3) is 0 Å². The fourth-order valence-electron chi connectivity index (χ4n) is 4.51. The minimum Gasteiger partial charge on any atom is -0.480 e. The van der Waals surface area contributed by atoms with Crippen molar-refractivity contribution in [3.8, 4) is 0 Å². The third-order valence-electron chi connectivity index (χ3n) is 6.40. The zero-order chi connectivity index (χ0) is 21.7. The monoisotopic (exact) mass is 425 g/mol. The Morgan fingerprint density at radius 2 is 1.73 bits per heavy atom.